The zero-order valence-electron chi connectivity index (χ0n) is 12.4. The van der Waals surface area contributed by atoms with Crippen molar-refractivity contribution in [1.82, 2.24) is 0 Å². The topological polar surface area (TPSA) is 63.2 Å². The van der Waals surface area contributed by atoms with Gasteiger partial charge in [-0.05, 0) is 36.8 Å². The van der Waals surface area contributed by atoms with Crippen molar-refractivity contribution in [3.63, 3.8) is 0 Å². The fraction of sp³-hybridized carbons (Fsp3) is 0.235. The molecule has 2 aromatic carbocycles. The molecule has 0 aromatic heterocycles. The van der Waals surface area contributed by atoms with Crippen LogP contribution < -0.4 is 23.7 Å². The van der Waals surface area contributed by atoms with Gasteiger partial charge < -0.3 is 23.7 Å². The highest BCUT2D eigenvalue weighted by molar-refractivity contribution is 5.80. The Hall–Kier alpha value is -2.89. The molecule has 6 heteroatoms. The van der Waals surface area contributed by atoms with Gasteiger partial charge in [0.05, 0.1) is 5.92 Å². The smallest absolute Gasteiger partial charge is 0.318 e. The van der Waals surface area contributed by atoms with Gasteiger partial charge in [0.25, 0.3) is 0 Å². The fourth-order valence-corrected chi connectivity index (χ4v) is 2.46. The lowest BCUT2D eigenvalue weighted by Crippen LogP contribution is -2.16. The van der Waals surface area contributed by atoms with Crippen molar-refractivity contribution in [1.29, 1.82) is 0 Å². The van der Waals surface area contributed by atoms with E-state index in [0.717, 1.165) is 5.56 Å². The molecule has 2 heterocycles. The maximum Gasteiger partial charge on any atom is 0.318 e. The Labute approximate surface area is 132 Å². The maximum atomic E-state index is 12.3. The van der Waals surface area contributed by atoms with Gasteiger partial charge in [0, 0.05) is 6.07 Å². The number of hydrogen-bond acceptors (Lipinski definition) is 6. The van der Waals surface area contributed by atoms with Crippen molar-refractivity contribution in [3.05, 3.63) is 42.0 Å². The van der Waals surface area contributed by atoms with Crippen LogP contribution in [0.15, 0.2) is 36.4 Å². The Kier molecular flexibility index (Phi) is 3.22. The van der Waals surface area contributed by atoms with E-state index in [1.54, 1.807) is 37.3 Å². The van der Waals surface area contributed by atoms with Gasteiger partial charge in [-0.2, -0.15) is 0 Å². The molecular formula is C17H14O6. The number of ether oxygens (including phenoxy) is 5. The number of rotatable bonds is 3. The molecule has 118 valence electrons. The van der Waals surface area contributed by atoms with E-state index >= 15 is 0 Å². The first kappa shape index (κ1) is 13.8. The summed E-state index contributed by atoms with van der Waals surface area (Å²) in [6, 6.07) is 10.5. The summed E-state index contributed by atoms with van der Waals surface area (Å²) in [6.45, 7) is 2.17. The molecular weight excluding hydrogens is 300 g/mol. The first-order chi connectivity index (χ1) is 11.2. The maximum absolute atomic E-state index is 12.3. The highest BCUT2D eigenvalue weighted by Gasteiger charge is 2.22. The van der Waals surface area contributed by atoms with Gasteiger partial charge in [-0.15, -0.1) is 0 Å². The SMILES string of the molecule is CC(C(=O)Oc1ccc2c(c1)OCO2)c1ccc2c(c1)OCO2. The van der Waals surface area contributed by atoms with Crippen LogP contribution in [0.5, 0.6) is 28.7 Å². The quantitative estimate of drug-likeness (QED) is 0.641. The Balaban J connectivity index is 1.50. The average Bonchev–Trinajstić information content (AvgIpc) is 3.21. The Morgan fingerprint density at radius 3 is 2.26 bits per heavy atom. The zero-order valence-corrected chi connectivity index (χ0v) is 12.4. The van der Waals surface area contributed by atoms with Crippen LogP contribution in [-0.4, -0.2) is 19.6 Å². The fourth-order valence-electron chi connectivity index (χ4n) is 2.46. The van der Waals surface area contributed by atoms with Gasteiger partial charge in [0.1, 0.15) is 5.75 Å². The Morgan fingerprint density at radius 2 is 1.52 bits per heavy atom. The number of carbonyl (C=O) groups excluding carboxylic acids is 1. The predicted octanol–water partition coefficient (Wildman–Crippen LogP) is 2.85. The Bertz CT molecular complexity index is 770. The summed E-state index contributed by atoms with van der Waals surface area (Å²) in [5.41, 5.74) is 0.806. The minimum atomic E-state index is -0.435. The number of benzene rings is 2. The van der Waals surface area contributed by atoms with E-state index in [-0.39, 0.29) is 19.6 Å². The number of fused-ring (bicyclic) bond motifs is 2. The lowest BCUT2D eigenvalue weighted by molar-refractivity contribution is -0.135. The van der Waals surface area contributed by atoms with Gasteiger partial charge in [0.15, 0.2) is 23.0 Å². The van der Waals surface area contributed by atoms with Crippen LogP contribution in [0.3, 0.4) is 0 Å². The van der Waals surface area contributed by atoms with Crippen molar-refractivity contribution >= 4 is 5.97 Å². The third-order valence-electron chi connectivity index (χ3n) is 3.81. The summed E-state index contributed by atoms with van der Waals surface area (Å²) in [4.78, 5) is 12.3. The van der Waals surface area contributed by atoms with E-state index in [4.69, 9.17) is 23.7 Å². The molecule has 1 unspecified atom stereocenters. The summed E-state index contributed by atoms with van der Waals surface area (Å²) in [7, 11) is 0. The Morgan fingerprint density at radius 1 is 0.913 bits per heavy atom. The second-order valence-electron chi connectivity index (χ2n) is 5.27. The van der Waals surface area contributed by atoms with Crippen LogP contribution in [0.25, 0.3) is 0 Å². The molecule has 0 bridgehead atoms. The molecule has 2 aliphatic heterocycles. The standard InChI is InChI=1S/C17H14O6/c1-10(11-2-4-13-15(6-11)21-8-19-13)17(18)23-12-3-5-14-16(7-12)22-9-20-14/h2-7,10H,8-9H2,1H3. The number of carbonyl (C=O) groups is 1. The van der Waals surface area contributed by atoms with E-state index in [2.05, 4.69) is 0 Å². The highest BCUT2D eigenvalue weighted by atomic mass is 16.7. The van der Waals surface area contributed by atoms with Crippen LogP contribution in [0.1, 0.15) is 18.4 Å². The summed E-state index contributed by atoms with van der Waals surface area (Å²) in [5.74, 6) is 2.18. The van der Waals surface area contributed by atoms with E-state index in [1.807, 2.05) is 6.07 Å². The van der Waals surface area contributed by atoms with E-state index in [9.17, 15) is 4.79 Å². The van der Waals surface area contributed by atoms with Crippen molar-refractivity contribution in [2.45, 2.75) is 12.8 Å². The van der Waals surface area contributed by atoms with Crippen LogP contribution in [-0.2, 0) is 4.79 Å². The van der Waals surface area contributed by atoms with Gasteiger partial charge in [-0.3, -0.25) is 4.79 Å². The number of esters is 1. The van der Waals surface area contributed by atoms with Crippen molar-refractivity contribution in [3.8, 4) is 28.7 Å². The third kappa shape index (κ3) is 2.52. The first-order valence-electron chi connectivity index (χ1n) is 7.21. The van der Waals surface area contributed by atoms with Gasteiger partial charge in [-0.25, -0.2) is 0 Å². The molecule has 6 nitrogen and oxygen atoms in total. The largest absolute Gasteiger partial charge is 0.454 e. The molecule has 0 radical (unpaired) electrons. The molecule has 0 aliphatic carbocycles. The van der Waals surface area contributed by atoms with Crippen molar-refractivity contribution in [2.24, 2.45) is 0 Å². The highest BCUT2D eigenvalue weighted by Crippen LogP contribution is 2.37. The van der Waals surface area contributed by atoms with Crippen molar-refractivity contribution < 1.29 is 28.5 Å². The molecule has 0 N–H and O–H groups in total. The van der Waals surface area contributed by atoms with E-state index in [1.165, 1.54) is 0 Å². The lowest BCUT2D eigenvalue weighted by atomic mass is 10.0. The second-order valence-corrected chi connectivity index (χ2v) is 5.27. The van der Waals surface area contributed by atoms with Gasteiger partial charge in [0.2, 0.25) is 13.6 Å². The van der Waals surface area contributed by atoms with E-state index in [0.29, 0.717) is 28.7 Å². The number of hydrogen-bond donors (Lipinski definition) is 0. The summed E-state index contributed by atoms with van der Waals surface area (Å²) in [5, 5.41) is 0. The van der Waals surface area contributed by atoms with Crippen molar-refractivity contribution in [2.75, 3.05) is 13.6 Å². The van der Waals surface area contributed by atoms with E-state index < -0.39 is 5.92 Å². The minimum Gasteiger partial charge on any atom is -0.454 e. The third-order valence-corrected chi connectivity index (χ3v) is 3.81. The zero-order chi connectivity index (χ0) is 15.8. The molecule has 1 atom stereocenters. The van der Waals surface area contributed by atoms with Crippen LogP contribution in [0.2, 0.25) is 0 Å². The summed E-state index contributed by atoms with van der Waals surface area (Å²) >= 11 is 0. The lowest BCUT2D eigenvalue weighted by Gasteiger charge is -2.12. The molecule has 23 heavy (non-hydrogen) atoms. The molecule has 0 spiro atoms. The summed E-state index contributed by atoms with van der Waals surface area (Å²) < 4.78 is 26.5. The first-order valence-corrected chi connectivity index (χ1v) is 7.21. The molecule has 2 aliphatic rings. The molecule has 0 saturated heterocycles. The monoisotopic (exact) mass is 314 g/mol. The van der Waals surface area contributed by atoms with Gasteiger partial charge >= 0.3 is 5.97 Å². The van der Waals surface area contributed by atoms with Gasteiger partial charge in [-0.1, -0.05) is 6.07 Å². The summed E-state index contributed by atoms with van der Waals surface area (Å²) in [6.07, 6.45) is 0. The van der Waals surface area contributed by atoms with Crippen LogP contribution in [0.4, 0.5) is 0 Å². The molecule has 0 fully saturated rings. The molecule has 2 aromatic rings. The average molecular weight is 314 g/mol. The predicted molar refractivity (Wildman–Crippen MR) is 79.2 cm³/mol. The normalized spacial score (nSPS) is 15.3. The van der Waals surface area contributed by atoms with Crippen LogP contribution in [0, 0.1) is 0 Å². The molecule has 0 saturated carbocycles. The second kappa shape index (κ2) is 5.39. The molecule has 0 amide bonds. The minimum absolute atomic E-state index is 0.181. The molecule has 4 rings (SSSR count). The van der Waals surface area contributed by atoms with Crippen LogP contribution >= 0.6 is 0 Å².